The zero-order valence-corrected chi connectivity index (χ0v) is 20.6. The van der Waals surface area contributed by atoms with E-state index in [9.17, 15) is 4.39 Å². The molecular formula is C30H28FN5. The van der Waals surface area contributed by atoms with Gasteiger partial charge in [0.15, 0.2) is 0 Å². The number of hydrogen-bond donors (Lipinski definition) is 2. The van der Waals surface area contributed by atoms with Crippen LogP contribution >= 0.6 is 0 Å². The van der Waals surface area contributed by atoms with Crippen molar-refractivity contribution in [1.29, 1.82) is 0 Å². The Hall–Kier alpha value is -4.29. The molecule has 5 aromatic rings. The molecule has 0 radical (unpaired) electrons. The minimum Gasteiger partial charge on any atom is -0.357 e. The van der Waals surface area contributed by atoms with Crippen LogP contribution in [0.15, 0.2) is 85.7 Å². The van der Waals surface area contributed by atoms with E-state index < -0.39 is 0 Å². The molecule has 2 N–H and O–H groups in total. The van der Waals surface area contributed by atoms with Crippen molar-refractivity contribution >= 4 is 16.5 Å². The van der Waals surface area contributed by atoms with Gasteiger partial charge in [-0.15, -0.1) is 0 Å². The lowest BCUT2D eigenvalue weighted by Gasteiger charge is -2.10. The summed E-state index contributed by atoms with van der Waals surface area (Å²) in [5, 5.41) is 8.76. The second kappa shape index (κ2) is 9.76. The maximum absolute atomic E-state index is 14.7. The quantitative estimate of drug-likeness (QED) is 0.255. The molecule has 0 aliphatic rings. The number of hydrogen-bond acceptors (Lipinski definition) is 3. The zero-order chi connectivity index (χ0) is 25.2. The number of halogens is 1. The van der Waals surface area contributed by atoms with Gasteiger partial charge in [-0.25, -0.2) is 4.39 Å². The van der Waals surface area contributed by atoms with Crippen LogP contribution in [0.5, 0.6) is 0 Å². The summed E-state index contributed by atoms with van der Waals surface area (Å²) in [6.07, 6.45) is 7.31. The largest absolute Gasteiger partial charge is 0.357 e. The van der Waals surface area contributed by atoms with E-state index in [1.54, 1.807) is 18.2 Å². The van der Waals surface area contributed by atoms with E-state index in [-0.39, 0.29) is 5.82 Å². The van der Waals surface area contributed by atoms with Gasteiger partial charge in [0, 0.05) is 46.7 Å². The lowest BCUT2D eigenvalue weighted by Crippen LogP contribution is -2.10. The number of rotatable bonds is 7. The summed E-state index contributed by atoms with van der Waals surface area (Å²) in [7, 11) is 4.09. The van der Waals surface area contributed by atoms with Gasteiger partial charge in [-0.3, -0.25) is 10.1 Å². The lowest BCUT2D eigenvalue weighted by atomic mass is 9.96. The van der Waals surface area contributed by atoms with Crippen LogP contribution in [0.3, 0.4) is 0 Å². The highest BCUT2D eigenvalue weighted by Crippen LogP contribution is 2.35. The molecule has 0 saturated carbocycles. The number of fused-ring (bicyclic) bond motifs is 1. The van der Waals surface area contributed by atoms with Gasteiger partial charge in [0.2, 0.25) is 0 Å². The minimum absolute atomic E-state index is 0.271. The van der Waals surface area contributed by atoms with Crippen molar-refractivity contribution < 1.29 is 4.39 Å². The van der Waals surface area contributed by atoms with E-state index in [4.69, 9.17) is 0 Å². The van der Waals surface area contributed by atoms with E-state index in [0.29, 0.717) is 5.56 Å². The van der Waals surface area contributed by atoms with Gasteiger partial charge in [0.05, 0.1) is 11.2 Å². The van der Waals surface area contributed by atoms with Gasteiger partial charge >= 0.3 is 0 Å². The van der Waals surface area contributed by atoms with Crippen molar-refractivity contribution in [2.24, 2.45) is 0 Å². The fourth-order valence-corrected chi connectivity index (χ4v) is 4.58. The molecule has 0 aliphatic carbocycles. The summed E-state index contributed by atoms with van der Waals surface area (Å²) in [6.45, 7) is 6.65. The third-order valence-corrected chi connectivity index (χ3v) is 6.20. The van der Waals surface area contributed by atoms with Crippen LogP contribution in [-0.4, -0.2) is 39.2 Å². The first kappa shape index (κ1) is 23.5. The van der Waals surface area contributed by atoms with Gasteiger partial charge in [-0.05, 0) is 68.1 Å². The molecule has 0 fully saturated rings. The van der Waals surface area contributed by atoms with E-state index in [0.717, 1.165) is 62.4 Å². The Bertz CT molecular complexity index is 1590. The van der Waals surface area contributed by atoms with Crippen LogP contribution in [0, 0.1) is 12.7 Å². The van der Waals surface area contributed by atoms with Crippen molar-refractivity contribution in [2.45, 2.75) is 13.5 Å². The van der Waals surface area contributed by atoms with Gasteiger partial charge in [0.25, 0.3) is 0 Å². The van der Waals surface area contributed by atoms with Crippen LogP contribution in [-0.2, 0) is 6.54 Å². The van der Waals surface area contributed by atoms with Crippen LogP contribution in [0.4, 0.5) is 4.39 Å². The number of aryl methyl sites for hydroxylation is 1. The van der Waals surface area contributed by atoms with Crippen molar-refractivity contribution in [2.75, 3.05) is 14.1 Å². The summed E-state index contributed by atoms with van der Waals surface area (Å²) >= 11 is 0. The molecule has 0 aliphatic heterocycles. The fraction of sp³-hybridized carbons (Fsp3) is 0.133. The molecule has 5 nitrogen and oxygen atoms in total. The third-order valence-electron chi connectivity index (χ3n) is 6.20. The summed E-state index contributed by atoms with van der Waals surface area (Å²) in [5.41, 5.74) is 9.03. The molecule has 36 heavy (non-hydrogen) atoms. The topological polar surface area (TPSA) is 60.6 Å². The second-order valence-corrected chi connectivity index (χ2v) is 9.17. The number of benzene rings is 2. The number of aromatic amines is 2. The Morgan fingerprint density at radius 2 is 1.86 bits per heavy atom. The number of nitrogens with one attached hydrogen (secondary N) is 2. The Morgan fingerprint density at radius 3 is 2.64 bits per heavy atom. The molecule has 0 amide bonds. The van der Waals surface area contributed by atoms with Gasteiger partial charge in [0.1, 0.15) is 11.5 Å². The molecule has 0 unspecified atom stereocenters. The highest BCUT2D eigenvalue weighted by molar-refractivity contribution is 5.96. The number of H-pyrrole nitrogens is 2. The monoisotopic (exact) mass is 477 g/mol. The average Bonchev–Trinajstić information content (AvgIpc) is 3.45. The number of pyridine rings is 1. The molecule has 0 saturated heterocycles. The van der Waals surface area contributed by atoms with Gasteiger partial charge < -0.3 is 9.88 Å². The molecule has 0 spiro atoms. The number of nitrogens with zero attached hydrogens (tertiary/aromatic N) is 3. The van der Waals surface area contributed by atoms with Crippen molar-refractivity contribution in [3.63, 3.8) is 0 Å². The predicted octanol–water partition coefficient (Wildman–Crippen LogP) is 6.75. The molecule has 3 heterocycles. The van der Waals surface area contributed by atoms with E-state index in [1.165, 1.54) is 6.07 Å². The minimum atomic E-state index is -0.271. The maximum Gasteiger partial charge on any atom is 0.131 e. The first-order valence-electron chi connectivity index (χ1n) is 11.8. The molecule has 2 aromatic carbocycles. The summed E-state index contributed by atoms with van der Waals surface area (Å²) in [6, 6.07) is 17.2. The highest BCUT2D eigenvalue weighted by Gasteiger charge is 2.18. The highest BCUT2D eigenvalue weighted by atomic mass is 19.1. The Morgan fingerprint density at radius 1 is 1.03 bits per heavy atom. The van der Waals surface area contributed by atoms with E-state index >= 15 is 0 Å². The molecule has 0 atom stereocenters. The molecule has 0 bridgehead atoms. The Kier molecular flexibility index (Phi) is 6.36. The van der Waals surface area contributed by atoms with Crippen LogP contribution in [0.2, 0.25) is 0 Å². The normalized spacial score (nSPS) is 12.0. The van der Waals surface area contributed by atoms with Crippen molar-refractivity contribution in [3.8, 4) is 22.5 Å². The number of aromatic nitrogens is 4. The third kappa shape index (κ3) is 4.51. The smallest absolute Gasteiger partial charge is 0.131 e. The SMILES string of the molecule is C=C/C=C(/c1ccccc1F)c1cc(-c2n[nH]c3ccc(-c4cncc(CN(C)C)c4)cc23)[nH]c1C. The van der Waals surface area contributed by atoms with Gasteiger partial charge in [-0.1, -0.05) is 43.0 Å². The average molecular weight is 478 g/mol. The number of allylic oxidation sites excluding steroid dienone is 2. The molecule has 5 rings (SSSR count). The van der Waals surface area contributed by atoms with Crippen LogP contribution in [0.25, 0.3) is 39.0 Å². The molecule has 3 aromatic heterocycles. The van der Waals surface area contributed by atoms with E-state index in [2.05, 4.69) is 49.8 Å². The predicted molar refractivity (Wildman–Crippen MR) is 145 cm³/mol. The first-order valence-corrected chi connectivity index (χ1v) is 11.8. The Balaban J connectivity index is 1.58. The first-order chi connectivity index (χ1) is 17.4. The summed E-state index contributed by atoms with van der Waals surface area (Å²) in [4.78, 5) is 10.0. The molecular weight excluding hydrogens is 449 g/mol. The van der Waals surface area contributed by atoms with Crippen molar-refractivity contribution in [1.82, 2.24) is 25.1 Å². The van der Waals surface area contributed by atoms with Crippen molar-refractivity contribution in [3.05, 3.63) is 114 Å². The maximum atomic E-state index is 14.7. The van der Waals surface area contributed by atoms with E-state index in [1.807, 2.05) is 57.7 Å². The van der Waals surface area contributed by atoms with Gasteiger partial charge in [-0.2, -0.15) is 5.10 Å². The summed E-state index contributed by atoms with van der Waals surface area (Å²) < 4.78 is 14.7. The standard InChI is InChI=1S/C30H28FN5/c1-5-8-23(24-9-6-7-10-27(24)31)25-15-29(33-19(25)2)30-26-14-21(11-12-28(26)34-35-30)22-13-20(16-32-17-22)18-36(3)4/h5-17,33H,1,18H2,2-4H3,(H,34,35)/b23-8-. The molecule has 6 heteroatoms. The second-order valence-electron chi connectivity index (χ2n) is 9.17. The zero-order valence-electron chi connectivity index (χ0n) is 20.6. The lowest BCUT2D eigenvalue weighted by molar-refractivity contribution is 0.402. The van der Waals surface area contributed by atoms with Crippen LogP contribution in [0.1, 0.15) is 22.4 Å². The van der Waals surface area contributed by atoms with Crippen LogP contribution < -0.4 is 0 Å². The fourth-order valence-electron chi connectivity index (χ4n) is 4.58. The molecule has 180 valence electrons. The Labute approximate surface area is 210 Å². The summed E-state index contributed by atoms with van der Waals surface area (Å²) in [5.74, 6) is -0.271.